The highest BCUT2D eigenvalue weighted by Crippen LogP contribution is 2.09. The highest BCUT2D eigenvalue weighted by Gasteiger charge is 2.12. The van der Waals surface area contributed by atoms with E-state index < -0.39 is 5.97 Å². The van der Waals surface area contributed by atoms with Crippen molar-refractivity contribution >= 4 is 17.6 Å². The number of hydrogen-bond acceptors (Lipinski definition) is 3. The van der Waals surface area contributed by atoms with Gasteiger partial charge < -0.3 is 10.4 Å². The molecule has 0 radical (unpaired) electrons. The number of nitrogens with one attached hydrogen (secondary N) is 1. The molecule has 0 aliphatic carbocycles. The van der Waals surface area contributed by atoms with Crippen LogP contribution in [0.4, 0.5) is 5.69 Å². The summed E-state index contributed by atoms with van der Waals surface area (Å²) < 4.78 is 1.14. The largest absolute Gasteiger partial charge is 0.477 e. The first-order valence-electron chi connectivity index (χ1n) is 5.68. The van der Waals surface area contributed by atoms with E-state index >= 15 is 0 Å². The number of carboxylic acid groups (broad SMARTS) is 1. The van der Waals surface area contributed by atoms with Crippen LogP contribution in [0.15, 0.2) is 36.5 Å². The smallest absolute Gasteiger partial charge is 0.354 e. The van der Waals surface area contributed by atoms with Crippen molar-refractivity contribution in [2.75, 3.05) is 5.32 Å². The average molecular weight is 259 g/mol. The van der Waals surface area contributed by atoms with Crippen molar-refractivity contribution in [3.05, 3.63) is 47.8 Å². The van der Waals surface area contributed by atoms with Gasteiger partial charge in [0, 0.05) is 11.9 Å². The third kappa shape index (κ3) is 3.19. The maximum Gasteiger partial charge on any atom is 0.354 e. The van der Waals surface area contributed by atoms with Crippen molar-refractivity contribution in [2.24, 2.45) is 0 Å². The molecule has 0 unspecified atom stereocenters. The third-order valence-electron chi connectivity index (χ3n) is 2.56. The summed E-state index contributed by atoms with van der Waals surface area (Å²) in [4.78, 5) is 22.6. The number of carbonyl (C=O) groups excluding carboxylic acids is 1. The molecule has 0 saturated heterocycles. The number of carboxylic acids is 1. The molecule has 1 heterocycles. The predicted octanol–water partition coefficient (Wildman–Crippen LogP) is 1.53. The lowest BCUT2D eigenvalue weighted by Crippen LogP contribution is -2.22. The molecule has 98 valence electrons. The van der Waals surface area contributed by atoms with Gasteiger partial charge in [0.05, 0.1) is 0 Å². The standard InChI is InChI=1S/C13H13N3O3/c1-9-2-4-10(5-3-9)15-12(17)8-16-11(13(18)19)6-7-14-16/h2-7H,8H2,1H3,(H,15,17)(H,18,19). The fraction of sp³-hybridized carbons (Fsp3) is 0.154. The van der Waals surface area contributed by atoms with Gasteiger partial charge in [-0.15, -0.1) is 0 Å². The molecule has 0 bridgehead atoms. The molecule has 0 atom stereocenters. The molecule has 6 heteroatoms. The Morgan fingerprint density at radius 1 is 1.26 bits per heavy atom. The van der Waals surface area contributed by atoms with Gasteiger partial charge in [0.25, 0.3) is 0 Å². The van der Waals surface area contributed by atoms with Gasteiger partial charge in [-0.1, -0.05) is 17.7 Å². The first-order chi connectivity index (χ1) is 9.06. The van der Waals surface area contributed by atoms with Gasteiger partial charge in [-0.2, -0.15) is 5.10 Å². The summed E-state index contributed by atoms with van der Waals surface area (Å²) in [7, 11) is 0. The highest BCUT2D eigenvalue weighted by atomic mass is 16.4. The molecule has 0 fully saturated rings. The molecule has 2 rings (SSSR count). The van der Waals surface area contributed by atoms with Gasteiger partial charge in [-0.05, 0) is 25.1 Å². The molecule has 0 aliphatic rings. The van der Waals surface area contributed by atoms with Gasteiger partial charge >= 0.3 is 5.97 Å². The van der Waals surface area contributed by atoms with Crippen LogP contribution in [0.3, 0.4) is 0 Å². The van der Waals surface area contributed by atoms with Crippen molar-refractivity contribution < 1.29 is 14.7 Å². The van der Waals surface area contributed by atoms with Crippen LogP contribution in [0.25, 0.3) is 0 Å². The number of amides is 1. The Kier molecular flexibility index (Phi) is 3.61. The third-order valence-corrected chi connectivity index (χ3v) is 2.56. The monoisotopic (exact) mass is 259 g/mol. The summed E-state index contributed by atoms with van der Waals surface area (Å²) in [5.41, 5.74) is 1.75. The van der Waals surface area contributed by atoms with Crippen molar-refractivity contribution in [3.8, 4) is 0 Å². The molecule has 2 N–H and O–H groups in total. The van der Waals surface area contributed by atoms with Crippen LogP contribution in [0.2, 0.25) is 0 Å². The minimum absolute atomic E-state index is 0.0148. The summed E-state index contributed by atoms with van der Waals surface area (Å²) in [6.07, 6.45) is 1.35. The normalized spacial score (nSPS) is 10.2. The van der Waals surface area contributed by atoms with Crippen molar-refractivity contribution in [2.45, 2.75) is 13.5 Å². The number of anilines is 1. The van der Waals surface area contributed by atoms with Gasteiger partial charge in [0.2, 0.25) is 5.91 Å². The zero-order valence-electron chi connectivity index (χ0n) is 10.3. The average Bonchev–Trinajstić information content (AvgIpc) is 2.80. The Morgan fingerprint density at radius 2 is 1.95 bits per heavy atom. The molecule has 1 aromatic heterocycles. The van der Waals surface area contributed by atoms with E-state index in [0.29, 0.717) is 5.69 Å². The lowest BCUT2D eigenvalue weighted by Gasteiger charge is -2.07. The maximum atomic E-state index is 11.8. The SMILES string of the molecule is Cc1ccc(NC(=O)Cn2nccc2C(=O)O)cc1. The van der Waals surface area contributed by atoms with Gasteiger partial charge in [-0.3, -0.25) is 4.79 Å². The number of aromatic carboxylic acids is 1. The summed E-state index contributed by atoms with van der Waals surface area (Å²) in [6.45, 7) is 1.82. The summed E-state index contributed by atoms with van der Waals surface area (Å²) >= 11 is 0. The Hall–Kier alpha value is -2.63. The Bertz CT molecular complexity index is 602. The van der Waals surface area contributed by atoms with Crippen molar-refractivity contribution in [3.63, 3.8) is 0 Å². The lowest BCUT2D eigenvalue weighted by atomic mass is 10.2. The van der Waals surface area contributed by atoms with E-state index in [1.807, 2.05) is 19.1 Å². The quantitative estimate of drug-likeness (QED) is 0.872. The number of rotatable bonds is 4. The second-order valence-corrected chi connectivity index (χ2v) is 4.09. The minimum atomic E-state index is -1.11. The number of benzene rings is 1. The van der Waals surface area contributed by atoms with Crippen LogP contribution in [0, 0.1) is 6.92 Å². The topological polar surface area (TPSA) is 84.2 Å². The van der Waals surface area contributed by atoms with E-state index in [2.05, 4.69) is 10.4 Å². The molecule has 6 nitrogen and oxygen atoms in total. The molecule has 0 saturated carbocycles. The minimum Gasteiger partial charge on any atom is -0.477 e. The molecule has 0 aliphatic heterocycles. The maximum absolute atomic E-state index is 11.8. The van der Waals surface area contributed by atoms with Crippen LogP contribution in [0.1, 0.15) is 16.1 Å². The zero-order chi connectivity index (χ0) is 13.8. The number of hydrogen-bond donors (Lipinski definition) is 2. The second kappa shape index (κ2) is 5.34. The number of nitrogens with zero attached hydrogens (tertiary/aromatic N) is 2. The Labute approximate surface area is 109 Å². The summed E-state index contributed by atoms with van der Waals surface area (Å²) in [5, 5.41) is 15.4. The molecule has 1 aromatic carbocycles. The van der Waals surface area contributed by atoms with Gasteiger partial charge in [0.15, 0.2) is 0 Å². The van der Waals surface area contributed by atoms with E-state index in [-0.39, 0.29) is 18.1 Å². The fourth-order valence-corrected chi connectivity index (χ4v) is 1.61. The fourth-order valence-electron chi connectivity index (χ4n) is 1.61. The Morgan fingerprint density at radius 3 is 2.58 bits per heavy atom. The molecule has 19 heavy (non-hydrogen) atoms. The van der Waals surface area contributed by atoms with Gasteiger partial charge in [-0.25, -0.2) is 9.48 Å². The van der Waals surface area contributed by atoms with E-state index in [0.717, 1.165) is 10.2 Å². The highest BCUT2D eigenvalue weighted by molar-refractivity contribution is 5.91. The molecule has 2 aromatic rings. The second-order valence-electron chi connectivity index (χ2n) is 4.09. The summed E-state index contributed by atoms with van der Waals surface area (Å²) in [5.74, 6) is -1.43. The van der Waals surface area contributed by atoms with E-state index in [4.69, 9.17) is 5.11 Å². The van der Waals surface area contributed by atoms with Crippen molar-refractivity contribution in [1.82, 2.24) is 9.78 Å². The zero-order valence-corrected chi connectivity index (χ0v) is 10.3. The lowest BCUT2D eigenvalue weighted by molar-refractivity contribution is -0.116. The Balaban J connectivity index is 2.03. The molecule has 1 amide bonds. The van der Waals surface area contributed by atoms with Crippen molar-refractivity contribution in [1.29, 1.82) is 0 Å². The molecular weight excluding hydrogens is 246 g/mol. The number of carbonyl (C=O) groups is 2. The van der Waals surface area contributed by atoms with E-state index in [1.165, 1.54) is 12.3 Å². The molecule has 0 spiro atoms. The first kappa shape index (κ1) is 12.8. The number of aromatic nitrogens is 2. The van der Waals surface area contributed by atoms with Crippen LogP contribution < -0.4 is 5.32 Å². The molecular formula is C13H13N3O3. The first-order valence-corrected chi connectivity index (χ1v) is 5.68. The number of aryl methyl sites for hydroxylation is 1. The summed E-state index contributed by atoms with van der Waals surface area (Å²) in [6, 6.07) is 8.68. The van der Waals surface area contributed by atoms with E-state index in [1.54, 1.807) is 12.1 Å². The van der Waals surface area contributed by atoms with E-state index in [9.17, 15) is 9.59 Å². The van der Waals surface area contributed by atoms with Crippen LogP contribution in [0.5, 0.6) is 0 Å². The van der Waals surface area contributed by atoms with Crippen LogP contribution >= 0.6 is 0 Å². The van der Waals surface area contributed by atoms with Crippen LogP contribution in [-0.2, 0) is 11.3 Å². The van der Waals surface area contributed by atoms with Gasteiger partial charge in [0.1, 0.15) is 12.2 Å². The van der Waals surface area contributed by atoms with Crippen LogP contribution in [-0.4, -0.2) is 26.8 Å². The predicted molar refractivity (Wildman–Crippen MR) is 69.0 cm³/mol.